The number of hydrogen-bond acceptors (Lipinski definition) is 5. The van der Waals surface area contributed by atoms with E-state index in [2.05, 4.69) is 10.1 Å². The average Bonchev–Trinajstić information content (AvgIpc) is 3.10. The van der Waals surface area contributed by atoms with Crippen LogP contribution in [0.4, 0.5) is 0 Å². The van der Waals surface area contributed by atoms with Gasteiger partial charge >= 0.3 is 0 Å². The van der Waals surface area contributed by atoms with Gasteiger partial charge in [-0.3, -0.25) is 4.79 Å². The first-order valence-corrected chi connectivity index (χ1v) is 8.41. The van der Waals surface area contributed by atoms with Crippen LogP contribution >= 0.6 is 11.6 Å². The van der Waals surface area contributed by atoms with Crippen molar-refractivity contribution < 1.29 is 14.1 Å². The summed E-state index contributed by atoms with van der Waals surface area (Å²) >= 11 is 5.82. The number of rotatable bonds is 6. The third-order valence-corrected chi connectivity index (χ3v) is 4.00. The first kappa shape index (κ1) is 17.9. The fourth-order valence-corrected chi connectivity index (χ4v) is 2.34. The molecule has 134 valence electrons. The number of benzene rings is 2. The smallest absolute Gasteiger partial charge is 0.260 e. The normalized spacial score (nSPS) is 10.6. The highest BCUT2D eigenvalue weighted by Crippen LogP contribution is 2.17. The van der Waals surface area contributed by atoms with Gasteiger partial charge in [-0.25, -0.2) is 0 Å². The number of ether oxygens (including phenoxy) is 1. The van der Waals surface area contributed by atoms with Gasteiger partial charge in [0.15, 0.2) is 6.61 Å². The molecule has 0 aliphatic heterocycles. The fraction of sp³-hybridized carbons (Fsp3) is 0.211. The summed E-state index contributed by atoms with van der Waals surface area (Å²) < 4.78 is 10.7. The van der Waals surface area contributed by atoms with Crippen molar-refractivity contribution >= 4 is 17.5 Å². The number of carbonyl (C=O) groups excluding carboxylic acids is 1. The molecule has 0 atom stereocenters. The van der Waals surface area contributed by atoms with Crippen LogP contribution in [0.25, 0.3) is 11.4 Å². The van der Waals surface area contributed by atoms with Gasteiger partial charge in [0.25, 0.3) is 5.91 Å². The minimum absolute atomic E-state index is 0.0862. The van der Waals surface area contributed by atoms with Crippen LogP contribution in [0.15, 0.2) is 53.1 Å². The van der Waals surface area contributed by atoms with Crippen molar-refractivity contribution in [1.29, 1.82) is 0 Å². The second kappa shape index (κ2) is 8.01. The zero-order valence-corrected chi connectivity index (χ0v) is 15.2. The summed E-state index contributed by atoms with van der Waals surface area (Å²) in [6.45, 7) is 2.14. The van der Waals surface area contributed by atoms with Crippen LogP contribution in [-0.2, 0) is 11.3 Å². The van der Waals surface area contributed by atoms with Crippen LogP contribution in [0.1, 0.15) is 11.5 Å². The van der Waals surface area contributed by atoms with Crippen LogP contribution in [0.5, 0.6) is 5.75 Å². The number of aryl methyl sites for hydroxylation is 1. The Bertz CT molecular complexity index is 876. The highest BCUT2D eigenvalue weighted by molar-refractivity contribution is 6.30. The van der Waals surface area contributed by atoms with E-state index in [4.69, 9.17) is 20.9 Å². The van der Waals surface area contributed by atoms with Gasteiger partial charge in [-0.15, -0.1) is 0 Å². The average molecular weight is 372 g/mol. The standard InChI is InChI=1S/C19H18ClN3O3/c1-13-3-5-14(6-4-13)19-21-17(26-22-19)11-23(2)18(24)12-25-16-9-7-15(20)8-10-16/h3-10H,11-12H2,1-2H3. The Labute approximate surface area is 156 Å². The SMILES string of the molecule is Cc1ccc(-c2noc(CN(C)C(=O)COc3ccc(Cl)cc3)n2)cc1. The fourth-order valence-electron chi connectivity index (χ4n) is 2.22. The maximum atomic E-state index is 12.2. The second-order valence-electron chi connectivity index (χ2n) is 5.87. The lowest BCUT2D eigenvalue weighted by Gasteiger charge is -2.15. The Morgan fingerprint density at radius 1 is 1.15 bits per heavy atom. The Kier molecular flexibility index (Phi) is 5.53. The van der Waals surface area contributed by atoms with Crippen LogP contribution in [0, 0.1) is 6.92 Å². The van der Waals surface area contributed by atoms with Crippen molar-refractivity contribution in [2.45, 2.75) is 13.5 Å². The predicted octanol–water partition coefficient (Wildman–Crippen LogP) is 3.74. The van der Waals surface area contributed by atoms with Crippen molar-refractivity contribution in [2.75, 3.05) is 13.7 Å². The van der Waals surface area contributed by atoms with Crippen LogP contribution in [0.3, 0.4) is 0 Å². The number of nitrogens with zero attached hydrogens (tertiary/aromatic N) is 3. The molecule has 2 aromatic carbocycles. The van der Waals surface area contributed by atoms with Gasteiger partial charge in [0.1, 0.15) is 5.75 Å². The van der Waals surface area contributed by atoms with Gasteiger partial charge in [0.2, 0.25) is 11.7 Å². The molecule has 6 nitrogen and oxygen atoms in total. The molecule has 1 heterocycles. The van der Waals surface area contributed by atoms with E-state index in [-0.39, 0.29) is 19.1 Å². The molecular weight excluding hydrogens is 354 g/mol. The van der Waals surface area contributed by atoms with Crippen molar-refractivity contribution in [1.82, 2.24) is 15.0 Å². The summed E-state index contributed by atoms with van der Waals surface area (Å²) in [7, 11) is 1.66. The third kappa shape index (κ3) is 4.61. The molecule has 1 aromatic heterocycles. The summed E-state index contributed by atoms with van der Waals surface area (Å²) in [5, 5.41) is 4.58. The molecule has 0 N–H and O–H groups in total. The maximum absolute atomic E-state index is 12.2. The molecule has 0 saturated carbocycles. The van der Waals surface area contributed by atoms with E-state index in [9.17, 15) is 4.79 Å². The van der Waals surface area contributed by atoms with Gasteiger partial charge in [-0.05, 0) is 31.2 Å². The highest BCUT2D eigenvalue weighted by Gasteiger charge is 2.15. The molecular formula is C19H18ClN3O3. The molecule has 0 bridgehead atoms. The van der Waals surface area contributed by atoms with Crippen LogP contribution in [-0.4, -0.2) is 34.6 Å². The van der Waals surface area contributed by atoms with Crippen molar-refractivity contribution in [3.05, 3.63) is 65.0 Å². The van der Waals surface area contributed by atoms with Crippen LogP contribution in [0.2, 0.25) is 5.02 Å². The monoisotopic (exact) mass is 371 g/mol. The van der Waals surface area contributed by atoms with Gasteiger partial charge in [-0.2, -0.15) is 4.98 Å². The molecule has 26 heavy (non-hydrogen) atoms. The summed E-state index contributed by atoms with van der Waals surface area (Å²) in [4.78, 5) is 18.0. The molecule has 3 aromatic rings. The number of carbonyl (C=O) groups is 1. The Hall–Kier alpha value is -2.86. The Morgan fingerprint density at radius 2 is 1.85 bits per heavy atom. The summed E-state index contributed by atoms with van der Waals surface area (Å²) in [5.41, 5.74) is 2.02. The number of hydrogen-bond donors (Lipinski definition) is 0. The van der Waals surface area contributed by atoms with E-state index in [1.165, 1.54) is 4.90 Å². The minimum atomic E-state index is -0.199. The molecule has 0 aliphatic rings. The Balaban J connectivity index is 1.55. The quantitative estimate of drug-likeness (QED) is 0.660. The van der Waals surface area contributed by atoms with E-state index in [0.717, 1.165) is 11.1 Å². The van der Waals surface area contributed by atoms with Gasteiger partial charge in [-0.1, -0.05) is 46.6 Å². The summed E-state index contributed by atoms with van der Waals surface area (Å²) in [6, 6.07) is 14.6. The zero-order chi connectivity index (χ0) is 18.5. The molecule has 0 saturated heterocycles. The number of amides is 1. The maximum Gasteiger partial charge on any atom is 0.260 e. The zero-order valence-electron chi connectivity index (χ0n) is 14.5. The van der Waals surface area contributed by atoms with Gasteiger partial charge in [0, 0.05) is 17.6 Å². The summed E-state index contributed by atoms with van der Waals surface area (Å²) in [5.74, 6) is 1.24. The van der Waals surface area contributed by atoms with E-state index in [1.54, 1.807) is 31.3 Å². The lowest BCUT2D eigenvalue weighted by Crippen LogP contribution is -2.31. The molecule has 0 spiro atoms. The lowest BCUT2D eigenvalue weighted by molar-refractivity contribution is -0.132. The number of likely N-dealkylation sites (N-methyl/N-ethyl adjacent to an activating group) is 1. The van der Waals surface area contributed by atoms with E-state index < -0.39 is 0 Å². The van der Waals surface area contributed by atoms with Crippen molar-refractivity contribution in [2.24, 2.45) is 0 Å². The molecule has 7 heteroatoms. The first-order chi connectivity index (χ1) is 12.5. The predicted molar refractivity (Wildman–Crippen MR) is 97.9 cm³/mol. The molecule has 0 radical (unpaired) electrons. The highest BCUT2D eigenvalue weighted by atomic mass is 35.5. The number of aromatic nitrogens is 2. The summed E-state index contributed by atoms with van der Waals surface area (Å²) in [6.07, 6.45) is 0. The van der Waals surface area contributed by atoms with E-state index >= 15 is 0 Å². The first-order valence-electron chi connectivity index (χ1n) is 8.03. The minimum Gasteiger partial charge on any atom is -0.484 e. The van der Waals surface area contributed by atoms with E-state index in [1.807, 2.05) is 31.2 Å². The largest absolute Gasteiger partial charge is 0.484 e. The molecule has 0 fully saturated rings. The van der Waals surface area contributed by atoms with Crippen LogP contribution < -0.4 is 4.74 Å². The molecule has 0 aliphatic carbocycles. The lowest BCUT2D eigenvalue weighted by atomic mass is 10.1. The Morgan fingerprint density at radius 3 is 2.54 bits per heavy atom. The molecule has 3 rings (SSSR count). The number of halogens is 1. The van der Waals surface area contributed by atoms with Crippen molar-refractivity contribution in [3.63, 3.8) is 0 Å². The van der Waals surface area contributed by atoms with Gasteiger partial charge < -0.3 is 14.2 Å². The van der Waals surface area contributed by atoms with E-state index in [0.29, 0.717) is 22.5 Å². The third-order valence-electron chi connectivity index (χ3n) is 3.75. The van der Waals surface area contributed by atoms with Gasteiger partial charge in [0.05, 0.1) is 6.54 Å². The molecule has 1 amide bonds. The van der Waals surface area contributed by atoms with Crippen molar-refractivity contribution in [3.8, 4) is 17.1 Å². The topological polar surface area (TPSA) is 68.5 Å². The second-order valence-corrected chi connectivity index (χ2v) is 6.31. The molecule has 0 unspecified atom stereocenters.